The molecule has 2 aliphatic rings. The first kappa shape index (κ1) is 28.1. The minimum atomic E-state index is -1.29. The summed E-state index contributed by atoms with van der Waals surface area (Å²) in [6.07, 6.45) is 9.60. The average molecular weight is 577 g/mol. The molecule has 0 amide bonds. The Morgan fingerprint density at radius 3 is 2.38 bits per heavy atom. The number of anilines is 5. The fourth-order valence-electron chi connectivity index (χ4n) is 5.67. The summed E-state index contributed by atoms with van der Waals surface area (Å²) in [6.45, 7) is 0. The highest BCUT2D eigenvalue weighted by Gasteiger charge is 2.23. The number of hydrogen-bond donors (Lipinski definition) is 7. The van der Waals surface area contributed by atoms with Gasteiger partial charge >= 0.3 is 0 Å². The highest BCUT2D eigenvalue weighted by molar-refractivity contribution is 5.75. The van der Waals surface area contributed by atoms with Crippen LogP contribution in [0.4, 0.5) is 33.2 Å². The van der Waals surface area contributed by atoms with Gasteiger partial charge in [0.15, 0.2) is 17.7 Å². The zero-order valence-electron chi connectivity index (χ0n) is 23.2. The second kappa shape index (κ2) is 12.4. The van der Waals surface area contributed by atoms with E-state index in [9.17, 15) is 14.6 Å². The van der Waals surface area contributed by atoms with Gasteiger partial charge in [-0.1, -0.05) is 6.07 Å². The smallest absolute Gasteiger partial charge is 0.177 e. The lowest BCUT2D eigenvalue weighted by atomic mass is 9.92. The zero-order valence-corrected chi connectivity index (χ0v) is 23.2. The quantitative estimate of drug-likeness (QED) is 0.144. The first-order valence-corrected chi connectivity index (χ1v) is 14.5. The number of halogens is 1. The second-order valence-electron chi connectivity index (χ2n) is 11.2. The van der Waals surface area contributed by atoms with Crippen LogP contribution < -0.4 is 27.0 Å². The molecule has 2 fully saturated rings. The Morgan fingerprint density at radius 2 is 1.62 bits per heavy atom. The normalized spacial score (nSPS) is 23.3. The van der Waals surface area contributed by atoms with Gasteiger partial charge in [-0.3, -0.25) is 4.98 Å². The van der Waals surface area contributed by atoms with Crippen LogP contribution in [0.15, 0.2) is 48.9 Å². The largest absolute Gasteiger partial charge is 0.393 e. The second-order valence-corrected chi connectivity index (χ2v) is 11.2. The lowest BCUT2D eigenvalue weighted by Crippen LogP contribution is -2.33. The van der Waals surface area contributed by atoms with Crippen LogP contribution in [0, 0.1) is 5.82 Å². The molecule has 6 rings (SSSR count). The van der Waals surface area contributed by atoms with Crippen LogP contribution in [0.1, 0.15) is 63.3 Å². The third-order valence-corrected chi connectivity index (χ3v) is 8.02. The summed E-state index contributed by atoms with van der Waals surface area (Å²) in [5.41, 5.74) is 7.67. The molecule has 0 saturated heterocycles. The van der Waals surface area contributed by atoms with Crippen LogP contribution in [-0.4, -0.2) is 59.0 Å². The number of aromatic nitrogens is 5. The summed E-state index contributed by atoms with van der Waals surface area (Å²) in [5, 5.41) is 38.8. The minimum absolute atomic E-state index is 0.111. The molecule has 0 radical (unpaired) electrons. The molecule has 0 aromatic carbocycles. The predicted octanol–water partition coefficient (Wildman–Crippen LogP) is 3.90. The van der Waals surface area contributed by atoms with Crippen molar-refractivity contribution in [2.45, 2.75) is 81.8 Å². The number of hydrogen-bond acceptors (Lipinski definition) is 11. The van der Waals surface area contributed by atoms with Gasteiger partial charge < -0.3 is 37.2 Å². The monoisotopic (exact) mass is 576 g/mol. The van der Waals surface area contributed by atoms with Gasteiger partial charge in [0.05, 0.1) is 29.9 Å². The van der Waals surface area contributed by atoms with E-state index in [-0.39, 0.29) is 29.9 Å². The molecule has 222 valence electrons. The van der Waals surface area contributed by atoms with E-state index in [1.54, 1.807) is 4.52 Å². The van der Waals surface area contributed by atoms with Gasteiger partial charge in [0.1, 0.15) is 23.1 Å². The predicted molar refractivity (Wildman–Crippen MR) is 159 cm³/mol. The number of fused-ring (bicyclic) bond motifs is 1. The van der Waals surface area contributed by atoms with E-state index in [1.165, 1.54) is 18.5 Å². The van der Waals surface area contributed by atoms with E-state index in [0.717, 1.165) is 63.4 Å². The number of aliphatic hydroxyl groups is 2. The van der Waals surface area contributed by atoms with Crippen molar-refractivity contribution < 1.29 is 14.6 Å². The summed E-state index contributed by atoms with van der Waals surface area (Å²) in [6, 6.07) is 9.74. The van der Waals surface area contributed by atoms with E-state index >= 15 is 0 Å². The molecule has 13 heteroatoms. The summed E-state index contributed by atoms with van der Waals surface area (Å²) < 4.78 is 15.8. The Balaban J connectivity index is 1.28. The molecule has 0 spiro atoms. The van der Waals surface area contributed by atoms with Gasteiger partial charge in [-0.2, -0.15) is 0 Å². The van der Waals surface area contributed by atoms with Crippen molar-refractivity contribution in [3.63, 3.8) is 0 Å². The molecule has 8 N–H and O–H groups in total. The molecule has 2 aliphatic carbocycles. The Hall–Kier alpha value is -4.07. The molecule has 0 bridgehead atoms. The Labute approximate surface area is 243 Å². The zero-order chi connectivity index (χ0) is 29.1. The van der Waals surface area contributed by atoms with Crippen LogP contribution in [0.2, 0.25) is 0 Å². The molecule has 2 saturated carbocycles. The molecule has 4 heterocycles. The number of rotatable bonds is 9. The van der Waals surface area contributed by atoms with Gasteiger partial charge in [0, 0.05) is 30.4 Å². The maximum Gasteiger partial charge on any atom is 0.177 e. The molecule has 0 aliphatic heterocycles. The van der Waals surface area contributed by atoms with Crippen LogP contribution >= 0.6 is 0 Å². The van der Waals surface area contributed by atoms with Gasteiger partial charge in [-0.15, -0.1) is 5.10 Å². The van der Waals surface area contributed by atoms with Crippen LogP contribution in [-0.2, 0) is 0 Å². The number of nitrogens with one attached hydrogen (secondary N) is 4. The first-order valence-electron chi connectivity index (χ1n) is 14.5. The molecule has 12 nitrogen and oxygen atoms in total. The molecule has 4 aromatic heterocycles. The number of imidazole rings is 1. The van der Waals surface area contributed by atoms with E-state index in [1.807, 2.05) is 24.3 Å². The molecule has 1 unspecified atom stereocenters. The van der Waals surface area contributed by atoms with Gasteiger partial charge in [0.2, 0.25) is 0 Å². The Kier molecular flexibility index (Phi) is 8.31. The van der Waals surface area contributed by atoms with Crippen molar-refractivity contribution in [1.82, 2.24) is 24.6 Å². The molecular weight excluding hydrogens is 539 g/mol. The SMILES string of the molecule is NC1CCC(Nc2cc(Nc3cccc(NC4CCC(O)CC4)n3)c3ncc(C(O)Nc4ccncc4F)n3n2)CC1. The summed E-state index contributed by atoms with van der Waals surface area (Å²) in [7, 11) is 0. The Morgan fingerprint density at radius 1 is 0.905 bits per heavy atom. The van der Waals surface area contributed by atoms with E-state index in [4.69, 9.17) is 15.8 Å². The van der Waals surface area contributed by atoms with Crippen LogP contribution in [0.25, 0.3) is 5.65 Å². The van der Waals surface area contributed by atoms with Crippen molar-refractivity contribution in [2.75, 3.05) is 21.3 Å². The molecule has 42 heavy (non-hydrogen) atoms. The van der Waals surface area contributed by atoms with E-state index in [2.05, 4.69) is 31.2 Å². The van der Waals surface area contributed by atoms with Crippen molar-refractivity contribution in [2.24, 2.45) is 5.73 Å². The molecular formula is C29H37FN10O2. The average Bonchev–Trinajstić information content (AvgIpc) is 3.41. The van der Waals surface area contributed by atoms with Crippen LogP contribution in [0.5, 0.6) is 0 Å². The number of aliphatic hydroxyl groups excluding tert-OH is 2. The lowest BCUT2D eigenvalue weighted by molar-refractivity contribution is 0.126. The molecule has 1 atom stereocenters. The maximum absolute atomic E-state index is 14.2. The van der Waals surface area contributed by atoms with Crippen molar-refractivity contribution in [3.8, 4) is 0 Å². The standard InChI is InChI=1S/C29H37FN10O2/c30-21-15-32-13-12-22(21)37-29(42)24-16-33-28-23(14-27(39-40(24)28)35-18-6-4-17(31)5-7-18)36-26-3-1-2-25(38-26)34-19-8-10-20(41)11-9-19/h1-3,12-20,29,41-42H,4-11,31H2,(H,32,37)(H,35,39)(H2,34,36,38). The highest BCUT2D eigenvalue weighted by Crippen LogP contribution is 2.29. The summed E-state index contributed by atoms with van der Waals surface area (Å²) in [4.78, 5) is 13.1. The van der Waals surface area contributed by atoms with Crippen molar-refractivity contribution in [1.29, 1.82) is 0 Å². The topological polar surface area (TPSA) is 171 Å². The molecule has 4 aromatic rings. The Bertz CT molecular complexity index is 1500. The minimum Gasteiger partial charge on any atom is -0.393 e. The van der Waals surface area contributed by atoms with E-state index in [0.29, 0.717) is 28.7 Å². The number of nitrogens with two attached hydrogens (primary N) is 1. The van der Waals surface area contributed by atoms with Gasteiger partial charge in [0.25, 0.3) is 0 Å². The fraction of sp³-hybridized carbons (Fsp3) is 0.448. The van der Waals surface area contributed by atoms with E-state index < -0.39 is 12.0 Å². The third kappa shape index (κ3) is 6.53. The third-order valence-electron chi connectivity index (χ3n) is 8.02. The highest BCUT2D eigenvalue weighted by atomic mass is 19.1. The lowest BCUT2D eigenvalue weighted by Gasteiger charge is -2.27. The summed E-state index contributed by atoms with van der Waals surface area (Å²) >= 11 is 0. The van der Waals surface area contributed by atoms with Gasteiger partial charge in [-0.05, 0) is 69.6 Å². The number of pyridine rings is 2. The first-order chi connectivity index (χ1) is 20.4. The summed E-state index contributed by atoms with van der Waals surface area (Å²) in [5.74, 6) is 1.37. The van der Waals surface area contributed by atoms with Gasteiger partial charge in [-0.25, -0.2) is 18.9 Å². The van der Waals surface area contributed by atoms with Crippen molar-refractivity contribution >= 4 is 34.5 Å². The number of nitrogens with zero attached hydrogens (tertiary/aromatic N) is 5. The van der Waals surface area contributed by atoms with Crippen LogP contribution in [0.3, 0.4) is 0 Å². The van der Waals surface area contributed by atoms with Crippen molar-refractivity contribution in [3.05, 3.63) is 60.4 Å². The fourth-order valence-corrected chi connectivity index (χ4v) is 5.67. The maximum atomic E-state index is 14.2.